The van der Waals surface area contributed by atoms with E-state index in [-0.39, 0.29) is 36.0 Å². The summed E-state index contributed by atoms with van der Waals surface area (Å²) in [5.74, 6) is 0.292. The molecule has 2 N–H and O–H groups in total. The molecule has 1 atom stereocenters. The highest BCUT2D eigenvalue weighted by Gasteiger charge is 2.38. The molecule has 2 aliphatic heterocycles. The molecule has 0 unspecified atom stereocenters. The van der Waals surface area contributed by atoms with Crippen LogP contribution in [0, 0.1) is 5.82 Å². The first-order valence-electron chi connectivity index (χ1n) is 10.2. The van der Waals surface area contributed by atoms with E-state index in [1.807, 2.05) is 9.47 Å². The number of carbonyl (C=O) groups is 2. The van der Waals surface area contributed by atoms with Crippen molar-refractivity contribution in [3.63, 3.8) is 0 Å². The molecule has 0 spiro atoms. The number of aromatic amines is 1. The summed E-state index contributed by atoms with van der Waals surface area (Å²) >= 11 is 0. The van der Waals surface area contributed by atoms with Crippen LogP contribution in [0.25, 0.3) is 0 Å². The lowest BCUT2D eigenvalue weighted by Crippen LogP contribution is -2.53. The Morgan fingerprint density at radius 2 is 1.90 bits per heavy atom. The second-order valence-electron chi connectivity index (χ2n) is 7.75. The van der Waals surface area contributed by atoms with Gasteiger partial charge in [0, 0.05) is 51.7 Å². The fourth-order valence-electron chi connectivity index (χ4n) is 4.20. The number of hydrogen-bond acceptors (Lipinski definition) is 5. The Labute approximate surface area is 177 Å². The maximum Gasteiger partial charge on any atom is 0.289 e. The predicted octanol–water partition coefficient (Wildman–Crippen LogP) is 1.19. The molecule has 2 aliphatic rings. The van der Waals surface area contributed by atoms with Crippen LogP contribution in [-0.2, 0) is 13.1 Å². The number of fused-ring (bicyclic) bond motifs is 3. The molecule has 0 aliphatic carbocycles. The molecule has 31 heavy (non-hydrogen) atoms. The molecule has 10 heteroatoms. The van der Waals surface area contributed by atoms with Gasteiger partial charge in [0.25, 0.3) is 11.8 Å². The van der Waals surface area contributed by atoms with Crippen molar-refractivity contribution in [1.82, 2.24) is 34.9 Å². The molecule has 0 bridgehead atoms. The number of nitrogens with one attached hydrogen (secondary N) is 2. The van der Waals surface area contributed by atoms with E-state index in [4.69, 9.17) is 0 Å². The number of piperazine rings is 1. The molecule has 0 saturated carbocycles. The second-order valence-corrected chi connectivity index (χ2v) is 7.75. The van der Waals surface area contributed by atoms with Gasteiger partial charge in [-0.25, -0.2) is 4.39 Å². The Morgan fingerprint density at radius 1 is 1.10 bits per heavy atom. The third-order valence-corrected chi connectivity index (χ3v) is 5.88. The van der Waals surface area contributed by atoms with Crippen molar-refractivity contribution in [2.75, 3.05) is 26.2 Å². The monoisotopic (exact) mass is 423 g/mol. The maximum absolute atomic E-state index is 13.1. The van der Waals surface area contributed by atoms with Gasteiger partial charge in [0.15, 0.2) is 5.82 Å². The fourth-order valence-corrected chi connectivity index (χ4v) is 4.20. The van der Waals surface area contributed by atoms with E-state index in [1.54, 1.807) is 30.6 Å². The smallest absolute Gasteiger partial charge is 0.289 e. The highest BCUT2D eigenvalue weighted by atomic mass is 19.1. The largest absolute Gasteiger partial charge is 0.367 e. The topological polar surface area (TPSA) is 99.2 Å². The number of nitrogens with zero attached hydrogens (tertiary/aromatic N) is 5. The van der Waals surface area contributed by atoms with E-state index in [9.17, 15) is 14.0 Å². The van der Waals surface area contributed by atoms with Crippen molar-refractivity contribution >= 4 is 11.8 Å². The van der Waals surface area contributed by atoms with Gasteiger partial charge in [-0.05, 0) is 23.8 Å². The van der Waals surface area contributed by atoms with Crippen molar-refractivity contribution in [2.24, 2.45) is 0 Å². The minimum atomic E-state index is -0.326. The van der Waals surface area contributed by atoms with Crippen LogP contribution >= 0.6 is 0 Å². The van der Waals surface area contributed by atoms with Crippen molar-refractivity contribution in [3.8, 4) is 0 Å². The molecular weight excluding hydrogens is 401 g/mol. The first-order valence-corrected chi connectivity index (χ1v) is 10.2. The van der Waals surface area contributed by atoms with Gasteiger partial charge >= 0.3 is 0 Å². The summed E-state index contributed by atoms with van der Waals surface area (Å²) in [4.78, 5) is 32.5. The zero-order valence-corrected chi connectivity index (χ0v) is 16.8. The van der Waals surface area contributed by atoms with Gasteiger partial charge in [-0.1, -0.05) is 12.1 Å². The molecule has 1 saturated heterocycles. The Kier molecular flexibility index (Phi) is 4.99. The van der Waals surface area contributed by atoms with Gasteiger partial charge in [-0.3, -0.25) is 14.5 Å². The van der Waals surface area contributed by atoms with Crippen LogP contribution in [0.4, 0.5) is 4.39 Å². The maximum atomic E-state index is 13.1. The van der Waals surface area contributed by atoms with Crippen LogP contribution in [0.1, 0.15) is 38.4 Å². The summed E-state index contributed by atoms with van der Waals surface area (Å²) in [6.07, 6.45) is 3.43. The standard InChI is InChI=1S/C21H22FN7O2/c22-16-3-1-14(2-4-16)11-24-20(30)19-26-25-18-17-13-28(21(31)15-5-6-23-12-15)8-7-27(17)9-10-29(18)19/h1-6,12,17,23H,7-11,13H2,(H,24,30)/t17-/m1/s1. The van der Waals surface area contributed by atoms with Crippen molar-refractivity contribution in [3.05, 3.63) is 71.3 Å². The SMILES string of the molecule is O=C(NCc1ccc(F)cc1)c1nnc2n1CCN1CCN(C(=O)c3cc[nH]c3)C[C@H]21. The number of aromatic nitrogens is 4. The third-order valence-electron chi connectivity index (χ3n) is 5.88. The van der Waals surface area contributed by atoms with E-state index < -0.39 is 0 Å². The number of rotatable bonds is 4. The highest BCUT2D eigenvalue weighted by Crippen LogP contribution is 2.29. The molecule has 9 nitrogen and oxygen atoms in total. The van der Waals surface area contributed by atoms with E-state index in [0.717, 1.165) is 18.7 Å². The molecule has 2 amide bonds. The summed E-state index contributed by atoms with van der Waals surface area (Å²) in [6, 6.07) is 7.64. The van der Waals surface area contributed by atoms with Crippen molar-refractivity contribution in [2.45, 2.75) is 19.1 Å². The summed E-state index contributed by atoms with van der Waals surface area (Å²) < 4.78 is 14.9. The lowest BCUT2D eigenvalue weighted by atomic mass is 10.1. The Morgan fingerprint density at radius 3 is 2.68 bits per heavy atom. The van der Waals surface area contributed by atoms with Gasteiger partial charge < -0.3 is 19.8 Å². The van der Waals surface area contributed by atoms with Crippen LogP contribution in [0.2, 0.25) is 0 Å². The van der Waals surface area contributed by atoms with Gasteiger partial charge in [0.2, 0.25) is 5.82 Å². The van der Waals surface area contributed by atoms with E-state index in [0.29, 0.717) is 31.0 Å². The molecule has 1 aromatic carbocycles. The summed E-state index contributed by atoms with van der Waals surface area (Å²) in [6.45, 7) is 3.55. The highest BCUT2D eigenvalue weighted by molar-refractivity contribution is 5.94. The molecule has 160 valence electrons. The molecule has 4 heterocycles. The van der Waals surface area contributed by atoms with Crippen LogP contribution in [0.5, 0.6) is 0 Å². The average molecular weight is 423 g/mol. The van der Waals surface area contributed by atoms with Crippen LogP contribution in [0.3, 0.4) is 0 Å². The zero-order chi connectivity index (χ0) is 21.4. The van der Waals surface area contributed by atoms with Gasteiger partial charge in [-0.15, -0.1) is 10.2 Å². The summed E-state index contributed by atoms with van der Waals surface area (Å²) in [7, 11) is 0. The minimum absolute atomic E-state index is 0.0187. The lowest BCUT2D eigenvalue weighted by molar-refractivity contribution is 0.0373. The number of carbonyl (C=O) groups excluding carboxylic acids is 2. The number of benzene rings is 1. The van der Waals surface area contributed by atoms with E-state index in [2.05, 4.69) is 25.4 Å². The van der Waals surface area contributed by atoms with Crippen LogP contribution < -0.4 is 5.32 Å². The minimum Gasteiger partial charge on any atom is -0.367 e. The van der Waals surface area contributed by atoms with Crippen molar-refractivity contribution < 1.29 is 14.0 Å². The lowest BCUT2D eigenvalue weighted by Gasteiger charge is -2.43. The second kappa shape index (κ2) is 7.95. The van der Waals surface area contributed by atoms with Gasteiger partial charge in [-0.2, -0.15) is 0 Å². The van der Waals surface area contributed by atoms with E-state index in [1.165, 1.54) is 12.1 Å². The molecule has 0 radical (unpaired) electrons. The fraction of sp³-hybridized carbons (Fsp3) is 0.333. The predicted molar refractivity (Wildman–Crippen MR) is 109 cm³/mol. The zero-order valence-electron chi connectivity index (χ0n) is 16.8. The normalized spacial score (nSPS) is 18.4. The summed E-state index contributed by atoms with van der Waals surface area (Å²) in [5.41, 5.74) is 1.43. The Hall–Kier alpha value is -3.53. The Balaban J connectivity index is 1.30. The van der Waals surface area contributed by atoms with E-state index >= 15 is 0 Å². The first kappa shape index (κ1) is 19.4. The van der Waals surface area contributed by atoms with Crippen LogP contribution in [-0.4, -0.2) is 67.5 Å². The molecule has 3 aromatic rings. The number of H-pyrrole nitrogens is 1. The van der Waals surface area contributed by atoms with Crippen molar-refractivity contribution in [1.29, 1.82) is 0 Å². The molecule has 5 rings (SSSR count). The van der Waals surface area contributed by atoms with Gasteiger partial charge in [0.1, 0.15) is 5.82 Å². The average Bonchev–Trinajstić information content (AvgIpc) is 3.48. The Bertz CT molecular complexity index is 1090. The number of hydrogen-bond donors (Lipinski definition) is 2. The first-order chi connectivity index (χ1) is 15.1. The number of amides is 2. The quantitative estimate of drug-likeness (QED) is 0.657. The number of halogens is 1. The molecule has 2 aromatic heterocycles. The molecular formula is C21H22FN7O2. The third kappa shape index (κ3) is 3.70. The summed E-state index contributed by atoms with van der Waals surface area (Å²) in [5, 5.41) is 11.3. The van der Waals surface area contributed by atoms with Gasteiger partial charge in [0.05, 0.1) is 11.6 Å². The molecule has 1 fully saturated rings. The van der Waals surface area contributed by atoms with Crippen LogP contribution in [0.15, 0.2) is 42.7 Å².